The van der Waals surface area contributed by atoms with E-state index in [1.807, 2.05) is 0 Å². The molecule has 0 radical (unpaired) electrons. The number of carboxylic acids is 1. The predicted molar refractivity (Wildman–Crippen MR) is 81.1 cm³/mol. The number of sulfonamides is 1. The summed E-state index contributed by atoms with van der Waals surface area (Å²) >= 11 is 0. The normalized spacial score (nSPS) is 11.7. The van der Waals surface area contributed by atoms with Crippen LogP contribution >= 0.6 is 0 Å². The van der Waals surface area contributed by atoms with E-state index in [2.05, 4.69) is 0 Å². The lowest BCUT2D eigenvalue weighted by atomic mass is 10.2. The van der Waals surface area contributed by atoms with Crippen LogP contribution in [0.15, 0.2) is 29.2 Å². The number of aliphatic carboxylic acids is 1. The number of nitrogens with zero attached hydrogens (tertiary/aromatic N) is 2. The van der Waals surface area contributed by atoms with Crippen LogP contribution in [0.2, 0.25) is 0 Å². The van der Waals surface area contributed by atoms with Gasteiger partial charge in [0.05, 0.1) is 4.90 Å². The van der Waals surface area contributed by atoms with Gasteiger partial charge in [0.15, 0.2) is 0 Å². The highest BCUT2D eigenvalue weighted by atomic mass is 32.2. The highest BCUT2D eigenvalue weighted by Gasteiger charge is 2.23. The Labute approximate surface area is 130 Å². The summed E-state index contributed by atoms with van der Waals surface area (Å²) in [5.41, 5.74) is 0.231. The summed E-state index contributed by atoms with van der Waals surface area (Å²) in [4.78, 5) is 23.7. The van der Waals surface area contributed by atoms with E-state index in [1.54, 1.807) is 13.8 Å². The third kappa shape index (κ3) is 4.05. The molecule has 0 aromatic heterocycles. The fraction of sp³-hybridized carbons (Fsp3) is 0.429. The molecule has 1 aromatic carbocycles. The first-order valence-corrected chi connectivity index (χ1v) is 8.06. The van der Waals surface area contributed by atoms with Gasteiger partial charge in [0.25, 0.3) is 5.91 Å². The molecule has 8 heteroatoms. The Kier molecular flexibility index (Phi) is 5.67. The Morgan fingerprint density at radius 3 is 2.05 bits per heavy atom. The molecular weight excluding hydrogens is 308 g/mol. The summed E-state index contributed by atoms with van der Waals surface area (Å²) in [6, 6.07) is 5.25. The van der Waals surface area contributed by atoms with Crippen molar-refractivity contribution >= 4 is 21.9 Å². The zero-order valence-electron chi connectivity index (χ0n) is 13.0. The second-order valence-corrected chi connectivity index (χ2v) is 7.19. The topological polar surface area (TPSA) is 95.0 Å². The van der Waals surface area contributed by atoms with Crippen molar-refractivity contribution in [3.63, 3.8) is 0 Å². The molecular formula is C14H20N2O5S. The number of carbonyl (C=O) groups is 2. The molecule has 0 bridgehead atoms. The molecule has 0 saturated heterocycles. The molecule has 1 rings (SSSR count). The van der Waals surface area contributed by atoms with Crippen molar-refractivity contribution in [1.82, 2.24) is 9.21 Å². The molecule has 0 aliphatic heterocycles. The Bertz CT molecular complexity index is 652. The van der Waals surface area contributed by atoms with E-state index in [-0.39, 0.29) is 16.5 Å². The Morgan fingerprint density at radius 1 is 1.14 bits per heavy atom. The summed E-state index contributed by atoms with van der Waals surface area (Å²) in [6.45, 7) is 3.10. The van der Waals surface area contributed by atoms with Gasteiger partial charge >= 0.3 is 5.97 Å². The molecule has 0 unspecified atom stereocenters. The van der Waals surface area contributed by atoms with Crippen LogP contribution in [0.25, 0.3) is 0 Å². The molecule has 1 N–H and O–H groups in total. The Balaban J connectivity index is 3.01. The van der Waals surface area contributed by atoms with Crippen LogP contribution in [-0.4, -0.2) is 61.3 Å². The standard InChI is InChI=1S/C14H20N2O5S/c1-10(2)16(4)22(20,21)12-7-5-11(6-8-12)14(19)15(3)9-13(17)18/h5-8,10H,9H2,1-4H3,(H,17,18). The highest BCUT2D eigenvalue weighted by molar-refractivity contribution is 7.89. The molecule has 0 aliphatic rings. The summed E-state index contributed by atoms with van der Waals surface area (Å²) in [7, 11) is -0.751. The summed E-state index contributed by atoms with van der Waals surface area (Å²) in [5.74, 6) is -1.60. The van der Waals surface area contributed by atoms with Crippen molar-refractivity contribution in [1.29, 1.82) is 0 Å². The van der Waals surface area contributed by atoms with E-state index in [9.17, 15) is 18.0 Å². The van der Waals surface area contributed by atoms with E-state index >= 15 is 0 Å². The maximum Gasteiger partial charge on any atom is 0.323 e. The number of hydrogen-bond acceptors (Lipinski definition) is 4. The monoisotopic (exact) mass is 328 g/mol. The minimum Gasteiger partial charge on any atom is -0.480 e. The van der Waals surface area contributed by atoms with Gasteiger partial charge in [0, 0.05) is 25.7 Å². The van der Waals surface area contributed by atoms with E-state index in [0.29, 0.717) is 0 Å². The van der Waals surface area contributed by atoms with Gasteiger partial charge in [-0.2, -0.15) is 4.31 Å². The summed E-state index contributed by atoms with van der Waals surface area (Å²) in [6.07, 6.45) is 0. The van der Waals surface area contributed by atoms with Gasteiger partial charge in [0.2, 0.25) is 10.0 Å². The third-order valence-corrected chi connectivity index (χ3v) is 5.27. The fourth-order valence-corrected chi connectivity index (χ4v) is 3.08. The van der Waals surface area contributed by atoms with Crippen molar-refractivity contribution in [3.05, 3.63) is 29.8 Å². The molecule has 0 spiro atoms. The highest BCUT2D eigenvalue weighted by Crippen LogP contribution is 2.17. The molecule has 0 heterocycles. The molecule has 0 saturated carbocycles. The SMILES string of the molecule is CC(C)N(C)S(=O)(=O)c1ccc(C(=O)N(C)CC(=O)O)cc1. The number of carbonyl (C=O) groups excluding carboxylic acids is 1. The van der Waals surface area contributed by atoms with E-state index in [1.165, 1.54) is 42.7 Å². The average Bonchev–Trinajstić information content (AvgIpc) is 2.44. The first-order valence-electron chi connectivity index (χ1n) is 6.62. The second kappa shape index (κ2) is 6.89. The second-order valence-electron chi connectivity index (χ2n) is 5.19. The average molecular weight is 328 g/mol. The predicted octanol–water partition coefficient (Wildman–Crippen LogP) is 0.872. The van der Waals surface area contributed by atoms with E-state index in [4.69, 9.17) is 5.11 Å². The minimum absolute atomic E-state index is 0.0844. The molecule has 0 aliphatic carbocycles. The summed E-state index contributed by atoms with van der Waals surface area (Å²) < 4.78 is 25.8. The smallest absolute Gasteiger partial charge is 0.323 e. The maximum atomic E-state index is 12.3. The molecule has 122 valence electrons. The van der Waals surface area contributed by atoms with Gasteiger partial charge in [-0.3, -0.25) is 9.59 Å². The van der Waals surface area contributed by atoms with E-state index < -0.39 is 28.4 Å². The third-order valence-electron chi connectivity index (χ3n) is 3.22. The van der Waals surface area contributed by atoms with Crippen LogP contribution in [0.1, 0.15) is 24.2 Å². The van der Waals surface area contributed by atoms with Gasteiger partial charge in [-0.1, -0.05) is 0 Å². The molecule has 1 amide bonds. The first-order chi connectivity index (χ1) is 10.1. The maximum absolute atomic E-state index is 12.3. The molecule has 7 nitrogen and oxygen atoms in total. The van der Waals surface area contributed by atoms with Crippen LogP contribution in [-0.2, 0) is 14.8 Å². The molecule has 0 atom stereocenters. The lowest BCUT2D eigenvalue weighted by Gasteiger charge is -2.21. The zero-order valence-corrected chi connectivity index (χ0v) is 13.8. The lowest BCUT2D eigenvalue weighted by Crippen LogP contribution is -2.33. The van der Waals surface area contributed by atoms with Crippen molar-refractivity contribution in [2.45, 2.75) is 24.8 Å². The molecule has 0 fully saturated rings. The summed E-state index contributed by atoms with van der Waals surface area (Å²) in [5, 5.41) is 8.66. The van der Waals surface area contributed by atoms with E-state index in [0.717, 1.165) is 4.90 Å². The van der Waals surface area contributed by atoms with Gasteiger partial charge in [-0.15, -0.1) is 0 Å². The van der Waals surface area contributed by atoms with Gasteiger partial charge in [-0.05, 0) is 38.1 Å². The number of amides is 1. The van der Waals surface area contributed by atoms with Crippen molar-refractivity contribution < 1.29 is 23.1 Å². The van der Waals surface area contributed by atoms with Crippen molar-refractivity contribution in [2.24, 2.45) is 0 Å². The molecule has 1 aromatic rings. The van der Waals surface area contributed by atoms with Crippen LogP contribution in [0.5, 0.6) is 0 Å². The number of rotatable bonds is 6. The fourth-order valence-electron chi connectivity index (χ4n) is 1.71. The van der Waals surface area contributed by atoms with Crippen LogP contribution in [0.3, 0.4) is 0 Å². The van der Waals surface area contributed by atoms with Gasteiger partial charge < -0.3 is 10.0 Å². The number of hydrogen-bond donors (Lipinski definition) is 1. The van der Waals surface area contributed by atoms with Crippen LogP contribution in [0, 0.1) is 0 Å². The largest absolute Gasteiger partial charge is 0.480 e. The van der Waals surface area contributed by atoms with Gasteiger partial charge in [-0.25, -0.2) is 8.42 Å². The van der Waals surface area contributed by atoms with Crippen LogP contribution in [0.4, 0.5) is 0 Å². The molecule has 22 heavy (non-hydrogen) atoms. The van der Waals surface area contributed by atoms with Crippen LogP contribution < -0.4 is 0 Å². The zero-order chi connectivity index (χ0) is 17.1. The number of benzene rings is 1. The number of carboxylic acid groups (broad SMARTS) is 1. The first kappa shape index (κ1) is 18.1. The number of likely N-dealkylation sites (N-methyl/N-ethyl adjacent to an activating group) is 1. The Hall–Kier alpha value is -1.93. The van der Waals surface area contributed by atoms with Crippen molar-refractivity contribution in [3.8, 4) is 0 Å². The minimum atomic E-state index is -3.61. The van der Waals surface area contributed by atoms with Crippen molar-refractivity contribution in [2.75, 3.05) is 20.6 Å². The van der Waals surface area contributed by atoms with Gasteiger partial charge in [0.1, 0.15) is 6.54 Å². The lowest BCUT2D eigenvalue weighted by molar-refractivity contribution is -0.137. The quantitative estimate of drug-likeness (QED) is 0.836. The Morgan fingerprint density at radius 2 is 1.64 bits per heavy atom.